The highest BCUT2D eigenvalue weighted by molar-refractivity contribution is 6.48. The summed E-state index contributed by atoms with van der Waals surface area (Å²) in [5.74, 6) is 0. The number of hydrogen-bond acceptors (Lipinski definition) is 2. The van der Waals surface area contributed by atoms with E-state index in [-0.39, 0.29) is 5.41 Å². The van der Waals surface area contributed by atoms with Gasteiger partial charge in [-0.1, -0.05) is 20.8 Å². The lowest BCUT2D eigenvalue weighted by molar-refractivity contribution is 0.0497. The van der Waals surface area contributed by atoms with Crippen LogP contribution < -0.4 is 5.73 Å². The maximum atomic E-state index is 6.02. The maximum absolute atomic E-state index is 6.02. The van der Waals surface area contributed by atoms with Gasteiger partial charge in [0.05, 0.1) is 0 Å². The van der Waals surface area contributed by atoms with Gasteiger partial charge < -0.3 is 10.2 Å². The van der Waals surface area contributed by atoms with E-state index in [1.807, 2.05) is 6.92 Å². The Hall–Kier alpha value is 0.137. The zero-order chi connectivity index (χ0) is 9.99. The highest BCUT2D eigenvalue weighted by Crippen LogP contribution is 2.26. The molecule has 0 rings (SSSR count). The SMILES string of the molecule is C[SiH](C)O[C@](C)(N)CC(C)(C)C. The van der Waals surface area contributed by atoms with Crippen molar-refractivity contribution in [2.75, 3.05) is 0 Å². The van der Waals surface area contributed by atoms with Crippen LogP contribution >= 0.6 is 0 Å². The summed E-state index contributed by atoms with van der Waals surface area (Å²) >= 11 is 0. The van der Waals surface area contributed by atoms with E-state index in [2.05, 4.69) is 33.9 Å². The number of nitrogens with two attached hydrogens (primary N) is 1. The fourth-order valence-electron chi connectivity index (χ4n) is 1.63. The van der Waals surface area contributed by atoms with Crippen molar-refractivity contribution in [3.8, 4) is 0 Å². The third-order valence-corrected chi connectivity index (χ3v) is 2.40. The molecule has 0 unspecified atom stereocenters. The topological polar surface area (TPSA) is 35.2 Å². The Bertz CT molecular complexity index is 138. The van der Waals surface area contributed by atoms with Gasteiger partial charge in [-0.15, -0.1) is 0 Å². The Morgan fingerprint density at radius 2 is 1.58 bits per heavy atom. The molecule has 0 bridgehead atoms. The summed E-state index contributed by atoms with van der Waals surface area (Å²) in [6.45, 7) is 12.8. The molecular formula is C9H23NOSi. The highest BCUT2D eigenvalue weighted by atomic mass is 28.3. The van der Waals surface area contributed by atoms with Gasteiger partial charge >= 0.3 is 0 Å². The van der Waals surface area contributed by atoms with Gasteiger partial charge in [0, 0.05) is 0 Å². The minimum atomic E-state index is -1.01. The lowest BCUT2D eigenvalue weighted by Gasteiger charge is -2.34. The molecular weight excluding hydrogens is 166 g/mol. The summed E-state index contributed by atoms with van der Waals surface area (Å²) in [5.41, 5.74) is 5.83. The van der Waals surface area contributed by atoms with Crippen molar-refractivity contribution in [2.24, 2.45) is 11.1 Å². The van der Waals surface area contributed by atoms with Crippen LogP contribution in [0.25, 0.3) is 0 Å². The molecule has 0 amide bonds. The summed E-state index contributed by atoms with van der Waals surface area (Å²) in [6, 6.07) is 0. The van der Waals surface area contributed by atoms with Crippen LogP contribution in [0.2, 0.25) is 13.1 Å². The van der Waals surface area contributed by atoms with Crippen molar-refractivity contribution in [1.29, 1.82) is 0 Å². The summed E-state index contributed by atoms with van der Waals surface area (Å²) in [6.07, 6.45) is 0.908. The van der Waals surface area contributed by atoms with Gasteiger partial charge in [0.1, 0.15) is 5.72 Å². The Morgan fingerprint density at radius 3 is 1.83 bits per heavy atom. The van der Waals surface area contributed by atoms with Crippen LogP contribution in [0.1, 0.15) is 34.1 Å². The van der Waals surface area contributed by atoms with Gasteiger partial charge in [0.15, 0.2) is 9.04 Å². The third-order valence-electron chi connectivity index (χ3n) is 1.39. The summed E-state index contributed by atoms with van der Waals surface area (Å²) < 4.78 is 5.73. The molecule has 2 N–H and O–H groups in total. The van der Waals surface area contributed by atoms with Crippen LogP contribution in [0.4, 0.5) is 0 Å². The first-order chi connectivity index (χ1) is 5.12. The maximum Gasteiger partial charge on any atom is 0.173 e. The molecule has 0 saturated carbocycles. The fourth-order valence-corrected chi connectivity index (χ4v) is 2.79. The van der Waals surface area contributed by atoms with Crippen molar-refractivity contribution in [1.82, 2.24) is 0 Å². The van der Waals surface area contributed by atoms with Gasteiger partial charge in [-0.2, -0.15) is 0 Å². The number of hydrogen-bond donors (Lipinski definition) is 1. The minimum Gasteiger partial charge on any atom is -0.403 e. The van der Waals surface area contributed by atoms with E-state index in [1.54, 1.807) is 0 Å². The molecule has 1 atom stereocenters. The van der Waals surface area contributed by atoms with E-state index in [4.69, 9.17) is 10.2 Å². The van der Waals surface area contributed by atoms with Crippen LogP contribution in [0.15, 0.2) is 0 Å². The molecule has 0 aromatic rings. The van der Waals surface area contributed by atoms with Crippen molar-refractivity contribution >= 4 is 9.04 Å². The van der Waals surface area contributed by atoms with Crippen LogP contribution in [0, 0.1) is 5.41 Å². The molecule has 0 radical (unpaired) electrons. The molecule has 0 spiro atoms. The van der Waals surface area contributed by atoms with Crippen LogP contribution in [-0.2, 0) is 4.43 Å². The van der Waals surface area contributed by atoms with E-state index in [9.17, 15) is 0 Å². The number of rotatable bonds is 3. The second-order valence-electron chi connectivity index (χ2n) is 5.22. The molecule has 0 heterocycles. The zero-order valence-electron chi connectivity index (χ0n) is 9.27. The van der Waals surface area contributed by atoms with Crippen molar-refractivity contribution in [3.05, 3.63) is 0 Å². The standard InChI is InChI=1S/C9H23NOSi/c1-8(2,3)7-9(4,10)11-12(5)6/h12H,7,10H2,1-6H3/t9-/m0/s1. The van der Waals surface area contributed by atoms with E-state index < -0.39 is 14.8 Å². The monoisotopic (exact) mass is 189 g/mol. The van der Waals surface area contributed by atoms with E-state index in [0.29, 0.717) is 0 Å². The molecule has 12 heavy (non-hydrogen) atoms. The molecule has 0 aromatic heterocycles. The van der Waals surface area contributed by atoms with Gasteiger partial charge in [0.2, 0.25) is 0 Å². The normalized spacial score (nSPS) is 18.0. The van der Waals surface area contributed by atoms with Gasteiger partial charge in [-0.05, 0) is 31.9 Å². The molecule has 0 fully saturated rings. The lowest BCUT2D eigenvalue weighted by atomic mass is 9.87. The third kappa shape index (κ3) is 6.82. The average Bonchev–Trinajstić information content (AvgIpc) is 1.48. The smallest absolute Gasteiger partial charge is 0.173 e. The quantitative estimate of drug-likeness (QED) is 0.545. The second-order valence-corrected chi connectivity index (χ2v) is 7.55. The van der Waals surface area contributed by atoms with Crippen LogP contribution in [0.5, 0.6) is 0 Å². The van der Waals surface area contributed by atoms with E-state index in [0.717, 1.165) is 6.42 Å². The fraction of sp³-hybridized carbons (Fsp3) is 1.00. The Labute approximate surface area is 78.2 Å². The Balaban J connectivity index is 4.04. The summed E-state index contributed by atoms with van der Waals surface area (Å²) in [5, 5.41) is 0. The molecule has 74 valence electrons. The van der Waals surface area contributed by atoms with Crippen molar-refractivity contribution in [2.45, 2.75) is 52.9 Å². The van der Waals surface area contributed by atoms with Crippen LogP contribution in [0.3, 0.4) is 0 Å². The Kier molecular flexibility index (Phi) is 3.94. The van der Waals surface area contributed by atoms with Crippen molar-refractivity contribution in [3.63, 3.8) is 0 Å². The molecule has 0 aliphatic carbocycles. The largest absolute Gasteiger partial charge is 0.403 e. The predicted molar refractivity (Wildman–Crippen MR) is 56.6 cm³/mol. The first-order valence-electron chi connectivity index (χ1n) is 4.59. The molecule has 0 aliphatic heterocycles. The predicted octanol–water partition coefficient (Wildman–Crippen LogP) is 2.10. The van der Waals surface area contributed by atoms with Crippen molar-refractivity contribution < 1.29 is 4.43 Å². The first kappa shape index (κ1) is 12.1. The summed E-state index contributed by atoms with van der Waals surface area (Å²) in [7, 11) is -1.01. The molecule has 0 aromatic carbocycles. The van der Waals surface area contributed by atoms with Gasteiger partial charge in [-0.25, -0.2) is 0 Å². The summed E-state index contributed by atoms with van der Waals surface area (Å²) in [4.78, 5) is 0. The van der Waals surface area contributed by atoms with E-state index in [1.165, 1.54) is 0 Å². The highest BCUT2D eigenvalue weighted by Gasteiger charge is 2.27. The second kappa shape index (κ2) is 3.90. The molecule has 0 aliphatic rings. The molecule has 3 heteroatoms. The first-order valence-corrected chi connectivity index (χ1v) is 7.37. The average molecular weight is 189 g/mol. The van der Waals surface area contributed by atoms with Gasteiger partial charge in [0.25, 0.3) is 0 Å². The minimum absolute atomic E-state index is 0.243. The zero-order valence-corrected chi connectivity index (χ0v) is 10.4. The molecule has 2 nitrogen and oxygen atoms in total. The molecule has 0 saturated heterocycles. The van der Waals surface area contributed by atoms with Gasteiger partial charge in [-0.3, -0.25) is 0 Å². The Morgan fingerprint density at radius 1 is 1.17 bits per heavy atom. The van der Waals surface area contributed by atoms with E-state index >= 15 is 0 Å². The van der Waals surface area contributed by atoms with Crippen LogP contribution in [-0.4, -0.2) is 14.8 Å². The lowest BCUT2D eigenvalue weighted by Crippen LogP contribution is -2.45.